The Hall–Kier alpha value is -2.40. The topological polar surface area (TPSA) is 69.7 Å². The van der Waals surface area contributed by atoms with Gasteiger partial charge in [-0.15, -0.1) is 6.42 Å². The van der Waals surface area contributed by atoms with Gasteiger partial charge in [0.15, 0.2) is 0 Å². The summed E-state index contributed by atoms with van der Waals surface area (Å²) >= 11 is 0. The predicted molar refractivity (Wildman–Crippen MR) is 134 cm³/mol. The quantitative estimate of drug-likeness (QED) is 0.301. The van der Waals surface area contributed by atoms with Crippen molar-refractivity contribution in [3.8, 4) is 12.3 Å². The van der Waals surface area contributed by atoms with E-state index < -0.39 is 10.9 Å². The van der Waals surface area contributed by atoms with Gasteiger partial charge in [0.05, 0.1) is 6.54 Å². The Morgan fingerprint density at radius 1 is 1.18 bits per heavy atom. The van der Waals surface area contributed by atoms with E-state index >= 15 is 0 Å². The number of fused-ring (bicyclic) bond motifs is 1. The maximum absolute atomic E-state index is 11.8. The zero-order valence-electron chi connectivity index (χ0n) is 19.4. The van der Waals surface area contributed by atoms with Crippen molar-refractivity contribution in [3.63, 3.8) is 0 Å². The maximum atomic E-state index is 11.8. The third kappa shape index (κ3) is 7.29. The third-order valence-electron chi connectivity index (χ3n) is 6.63. The smallest absolute Gasteiger partial charge is 0.220 e. The van der Waals surface area contributed by atoms with Gasteiger partial charge in [0.1, 0.15) is 0 Å². The molecule has 0 aliphatic carbocycles. The molecule has 0 radical (unpaired) electrons. The maximum Gasteiger partial charge on any atom is 0.220 e. The molecule has 178 valence electrons. The van der Waals surface area contributed by atoms with Crippen LogP contribution in [0, 0.1) is 18.3 Å². The average Bonchev–Trinajstić information content (AvgIpc) is 2.84. The number of likely N-dealkylation sites (tertiary alicyclic amines) is 1. The van der Waals surface area contributed by atoms with Crippen molar-refractivity contribution in [3.05, 3.63) is 48.0 Å². The molecule has 0 bridgehead atoms. The number of terminal acetylenes is 1. The van der Waals surface area contributed by atoms with E-state index in [-0.39, 0.29) is 12.5 Å². The van der Waals surface area contributed by atoms with Crippen LogP contribution in [-0.4, -0.2) is 56.3 Å². The van der Waals surface area contributed by atoms with Gasteiger partial charge in [-0.05, 0) is 68.0 Å². The first kappa shape index (κ1) is 25.2. The molecule has 1 amide bonds. The minimum absolute atomic E-state index is 0.0845. The van der Waals surface area contributed by atoms with Crippen LogP contribution in [0.5, 0.6) is 0 Å². The minimum Gasteiger partial charge on any atom is -0.345 e. The van der Waals surface area contributed by atoms with Crippen LogP contribution in [0.1, 0.15) is 50.6 Å². The van der Waals surface area contributed by atoms with Gasteiger partial charge < -0.3 is 5.32 Å². The van der Waals surface area contributed by atoms with E-state index in [0.717, 1.165) is 25.9 Å². The van der Waals surface area contributed by atoms with Crippen molar-refractivity contribution in [2.24, 2.45) is 5.92 Å². The van der Waals surface area contributed by atoms with Gasteiger partial charge in [-0.25, -0.2) is 12.7 Å². The molecule has 0 aromatic heterocycles. The van der Waals surface area contributed by atoms with Crippen molar-refractivity contribution in [2.45, 2.75) is 45.1 Å². The molecular formula is C26H35N3O3S. The average molecular weight is 470 g/mol. The highest BCUT2D eigenvalue weighted by Crippen LogP contribution is 2.31. The summed E-state index contributed by atoms with van der Waals surface area (Å²) in [5.41, 5.74) is 1.35. The largest absolute Gasteiger partial charge is 0.345 e. The highest BCUT2D eigenvalue weighted by atomic mass is 32.2. The number of benzene rings is 2. The van der Waals surface area contributed by atoms with E-state index in [0.29, 0.717) is 44.3 Å². The highest BCUT2D eigenvalue weighted by molar-refractivity contribution is 7.69. The number of piperidine rings is 1. The van der Waals surface area contributed by atoms with E-state index in [9.17, 15) is 13.2 Å². The number of carbonyl (C=O) groups excluding carboxylic acids is 1. The van der Waals surface area contributed by atoms with Crippen LogP contribution in [0.2, 0.25) is 0 Å². The lowest BCUT2D eigenvalue weighted by atomic mass is 9.93. The first-order valence-corrected chi connectivity index (χ1v) is 12.9. The Kier molecular flexibility index (Phi) is 9.74. The molecule has 1 aliphatic rings. The summed E-state index contributed by atoms with van der Waals surface area (Å²) in [7, 11) is -2.62. The molecule has 0 saturated carbocycles. The summed E-state index contributed by atoms with van der Waals surface area (Å²) in [4.78, 5) is 14.1. The minimum atomic E-state index is -2.62. The van der Waals surface area contributed by atoms with E-state index in [1.165, 1.54) is 16.3 Å². The Labute approximate surface area is 199 Å². The molecule has 1 aliphatic heterocycles. The lowest BCUT2D eigenvalue weighted by molar-refractivity contribution is -0.120. The van der Waals surface area contributed by atoms with Crippen molar-refractivity contribution in [1.29, 1.82) is 0 Å². The van der Waals surface area contributed by atoms with Gasteiger partial charge in [0.25, 0.3) is 0 Å². The van der Waals surface area contributed by atoms with Crippen LogP contribution in [0.15, 0.2) is 42.5 Å². The number of nitrogens with one attached hydrogen (secondary N) is 1. The first-order valence-electron chi connectivity index (χ1n) is 11.8. The fourth-order valence-corrected chi connectivity index (χ4v) is 5.36. The van der Waals surface area contributed by atoms with Gasteiger partial charge in [-0.2, -0.15) is 0 Å². The molecule has 1 unspecified atom stereocenters. The molecule has 1 N–H and O–H groups in total. The number of unbranched alkanes of at least 4 members (excludes halogenated alkanes) is 1. The number of nitrogens with zero attached hydrogens (tertiary/aromatic N) is 2. The molecule has 1 fully saturated rings. The van der Waals surface area contributed by atoms with Crippen molar-refractivity contribution >= 4 is 27.6 Å². The molecule has 1 saturated heterocycles. The zero-order chi connectivity index (χ0) is 23.6. The van der Waals surface area contributed by atoms with Crippen LogP contribution in [-0.2, 0) is 15.7 Å². The summed E-state index contributed by atoms with van der Waals surface area (Å²) in [5, 5.41) is 5.20. The van der Waals surface area contributed by atoms with E-state index in [2.05, 4.69) is 65.5 Å². The molecular weight excluding hydrogens is 434 g/mol. The van der Waals surface area contributed by atoms with Crippen molar-refractivity contribution < 1.29 is 13.2 Å². The molecule has 33 heavy (non-hydrogen) atoms. The van der Waals surface area contributed by atoms with Gasteiger partial charge >= 0.3 is 0 Å². The Morgan fingerprint density at radius 3 is 2.64 bits per heavy atom. The van der Waals surface area contributed by atoms with Crippen LogP contribution in [0.4, 0.5) is 0 Å². The third-order valence-corrected chi connectivity index (χ3v) is 7.45. The molecule has 1 heterocycles. The molecule has 7 heteroatoms. The number of hydrogen-bond donors (Lipinski definition) is 2. The lowest BCUT2D eigenvalue weighted by Gasteiger charge is -2.37. The van der Waals surface area contributed by atoms with Gasteiger partial charge in [0, 0.05) is 25.6 Å². The van der Waals surface area contributed by atoms with Gasteiger partial charge in [-0.3, -0.25) is 9.69 Å². The van der Waals surface area contributed by atoms with Crippen LogP contribution >= 0.6 is 0 Å². The summed E-state index contributed by atoms with van der Waals surface area (Å²) in [6.07, 6.45) is 8.80. The number of rotatable bonds is 11. The Bertz CT molecular complexity index is 1030. The number of hydrogen-bond acceptors (Lipinski definition) is 4. The van der Waals surface area contributed by atoms with Gasteiger partial charge in [-0.1, -0.05) is 48.4 Å². The zero-order valence-corrected chi connectivity index (χ0v) is 20.3. The summed E-state index contributed by atoms with van der Waals surface area (Å²) in [5.74, 6) is 2.65. The lowest BCUT2D eigenvalue weighted by Crippen LogP contribution is -2.39. The number of thiol groups is 1. The van der Waals surface area contributed by atoms with Gasteiger partial charge in [0.2, 0.25) is 16.8 Å². The Balaban J connectivity index is 1.47. The van der Waals surface area contributed by atoms with Crippen molar-refractivity contribution in [1.82, 2.24) is 14.5 Å². The molecule has 6 nitrogen and oxygen atoms in total. The number of carbonyl (C=O) groups is 1. The number of amides is 1. The second kappa shape index (κ2) is 12.7. The van der Waals surface area contributed by atoms with E-state index in [1.54, 1.807) is 4.31 Å². The highest BCUT2D eigenvalue weighted by Gasteiger charge is 2.26. The first-order chi connectivity index (χ1) is 16.0. The molecule has 3 rings (SSSR count). The monoisotopic (exact) mass is 469 g/mol. The Morgan fingerprint density at radius 2 is 1.91 bits per heavy atom. The normalized spacial score (nSPS) is 16.2. The van der Waals surface area contributed by atoms with E-state index in [1.807, 2.05) is 0 Å². The van der Waals surface area contributed by atoms with Crippen LogP contribution in [0.3, 0.4) is 0 Å². The standard InChI is InChI=1S/C26H35N3O3S/c1-3-16-27-26(30)13-6-7-17-29(33(31)32)20-22-14-18-28(19-15-22)21(2)24-12-8-10-23-9-4-5-11-25(23)24/h1,4-5,8-12,21-22,33H,6-7,13-20H2,2H3,(H,27,30). The predicted octanol–water partition coefficient (Wildman–Crippen LogP) is 3.36. The fraction of sp³-hybridized carbons (Fsp3) is 0.500. The summed E-state index contributed by atoms with van der Waals surface area (Å²) in [6, 6.07) is 15.3. The molecule has 2 aromatic carbocycles. The molecule has 0 spiro atoms. The fourth-order valence-electron chi connectivity index (χ4n) is 4.69. The van der Waals surface area contributed by atoms with Crippen LogP contribution in [0.25, 0.3) is 10.8 Å². The SMILES string of the molecule is C#CCNC(=O)CCCCN(CC1CCN(C(C)c2cccc3ccccc23)CC1)[SH](=O)=O. The molecule has 2 aromatic rings. The summed E-state index contributed by atoms with van der Waals surface area (Å²) < 4.78 is 25.1. The second-order valence-corrected chi connectivity index (χ2v) is 9.85. The molecule has 1 atom stereocenters. The van der Waals surface area contributed by atoms with Crippen molar-refractivity contribution in [2.75, 3.05) is 32.7 Å². The summed E-state index contributed by atoms with van der Waals surface area (Å²) in [6.45, 7) is 5.46. The van der Waals surface area contributed by atoms with Crippen LogP contribution < -0.4 is 5.32 Å². The van der Waals surface area contributed by atoms with E-state index in [4.69, 9.17) is 6.42 Å². The second-order valence-electron chi connectivity index (χ2n) is 8.81.